The summed E-state index contributed by atoms with van der Waals surface area (Å²) in [6.07, 6.45) is 1.41. The molecule has 0 radical (unpaired) electrons. The molecule has 0 atom stereocenters. The van der Waals surface area contributed by atoms with Gasteiger partial charge in [0.2, 0.25) is 5.91 Å². The highest BCUT2D eigenvalue weighted by Gasteiger charge is 2.30. The molecule has 24 heavy (non-hydrogen) atoms. The van der Waals surface area contributed by atoms with Gasteiger partial charge >= 0.3 is 6.03 Å². The van der Waals surface area contributed by atoms with Crippen molar-refractivity contribution >= 4 is 29.2 Å². The first-order valence-electron chi connectivity index (χ1n) is 8.31. The van der Waals surface area contributed by atoms with Crippen LogP contribution in [0.1, 0.15) is 12.8 Å². The lowest BCUT2D eigenvalue weighted by Gasteiger charge is -2.35. The van der Waals surface area contributed by atoms with E-state index in [0.29, 0.717) is 62.9 Å². The average Bonchev–Trinajstić information content (AvgIpc) is 2.62. The van der Waals surface area contributed by atoms with Crippen molar-refractivity contribution in [3.05, 3.63) is 29.3 Å². The van der Waals surface area contributed by atoms with Crippen LogP contribution in [-0.4, -0.2) is 61.1 Å². The summed E-state index contributed by atoms with van der Waals surface area (Å²) in [5.41, 5.74) is 0.680. The Labute approximate surface area is 146 Å². The van der Waals surface area contributed by atoms with Crippen molar-refractivity contribution in [2.45, 2.75) is 12.8 Å². The first-order chi connectivity index (χ1) is 11.6. The maximum atomic E-state index is 12.5. The van der Waals surface area contributed by atoms with Gasteiger partial charge in [-0.05, 0) is 31.0 Å². The minimum atomic E-state index is -0.144. The van der Waals surface area contributed by atoms with Crippen molar-refractivity contribution < 1.29 is 14.3 Å². The summed E-state index contributed by atoms with van der Waals surface area (Å²) in [4.78, 5) is 28.5. The summed E-state index contributed by atoms with van der Waals surface area (Å²) in [7, 11) is 0. The quantitative estimate of drug-likeness (QED) is 0.890. The van der Waals surface area contributed by atoms with Gasteiger partial charge < -0.3 is 19.9 Å². The molecule has 0 aliphatic carbocycles. The molecule has 6 nitrogen and oxygen atoms in total. The van der Waals surface area contributed by atoms with Crippen LogP contribution < -0.4 is 5.32 Å². The minimum Gasteiger partial charge on any atom is -0.378 e. The van der Waals surface area contributed by atoms with Crippen molar-refractivity contribution in [2.75, 3.05) is 44.7 Å². The molecule has 1 aromatic rings. The largest absolute Gasteiger partial charge is 0.378 e. The molecule has 7 heteroatoms. The molecule has 2 aliphatic rings. The minimum absolute atomic E-state index is 0.0123. The Balaban J connectivity index is 1.49. The summed E-state index contributed by atoms with van der Waals surface area (Å²) in [6, 6.07) is 6.94. The van der Waals surface area contributed by atoms with Gasteiger partial charge in [-0.1, -0.05) is 17.7 Å². The Morgan fingerprint density at radius 1 is 1.08 bits per heavy atom. The predicted molar refractivity (Wildman–Crippen MR) is 92.2 cm³/mol. The van der Waals surface area contributed by atoms with Crippen LogP contribution in [0.3, 0.4) is 0 Å². The lowest BCUT2D eigenvalue weighted by atomic mass is 9.95. The summed E-state index contributed by atoms with van der Waals surface area (Å²) in [5, 5.41) is 3.44. The summed E-state index contributed by atoms with van der Waals surface area (Å²) in [5.74, 6) is 0.214. The lowest BCUT2D eigenvalue weighted by molar-refractivity contribution is -0.140. The van der Waals surface area contributed by atoms with Crippen molar-refractivity contribution in [3.8, 4) is 0 Å². The zero-order chi connectivity index (χ0) is 16.9. The SMILES string of the molecule is O=C(Nc1cccc(Cl)c1)N1CCC(C(=O)N2CCOCC2)CC1. The van der Waals surface area contributed by atoms with Crippen LogP contribution in [0.4, 0.5) is 10.5 Å². The molecule has 3 rings (SSSR count). The second-order valence-electron chi connectivity index (χ2n) is 6.14. The van der Waals surface area contributed by atoms with E-state index in [4.69, 9.17) is 16.3 Å². The Kier molecular flexibility index (Phi) is 5.58. The number of urea groups is 1. The first kappa shape index (κ1) is 17.0. The van der Waals surface area contributed by atoms with E-state index < -0.39 is 0 Å². The molecule has 2 saturated heterocycles. The number of ether oxygens (including phenoxy) is 1. The number of anilines is 1. The number of hydrogen-bond donors (Lipinski definition) is 1. The average molecular weight is 352 g/mol. The smallest absolute Gasteiger partial charge is 0.321 e. The van der Waals surface area contributed by atoms with Gasteiger partial charge in [0.1, 0.15) is 0 Å². The summed E-state index contributed by atoms with van der Waals surface area (Å²) < 4.78 is 5.29. The van der Waals surface area contributed by atoms with Gasteiger partial charge in [0, 0.05) is 42.8 Å². The highest BCUT2D eigenvalue weighted by Crippen LogP contribution is 2.22. The molecule has 1 N–H and O–H groups in total. The molecule has 0 saturated carbocycles. The van der Waals surface area contributed by atoms with Crippen LogP contribution in [0.15, 0.2) is 24.3 Å². The van der Waals surface area contributed by atoms with E-state index in [1.807, 2.05) is 4.90 Å². The van der Waals surface area contributed by atoms with Gasteiger partial charge in [0.25, 0.3) is 0 Å². The third-order valence-electron chi connectivity index (χ3n) is 4.53. The molecule has 130 valence electrons. The van der Waals surface area contributed by atoms with Gasteiger partial charge in [-0.3, -0.25) is 4.79 Å². The van der Waals surface area contributed by atoms with Crippen LogP contribution in [0.5, 0.6) is 0 Å². The van der Waals surface area contributed by atoms with Gasteiger partial charge in [0.15, 0.2) is 0 Å². The lowest BCUT2D eigenvalue weighted by Crippen LogP contribution is -2.48. The fraction of sp³-hybridized carbons (Fsp3) is 0.529. The highest BCUT2D eigenvalue weighted by atomic mass is 35.5. The van der Waals surface area contributed by atoms with Crippen molar-refractivity contribution in [2.24, 2.45) is 5.92 Å². The van der Waals surface area contributed by atoms with Crippen molar-refractivity contribution in [3.63, 3.8) is 0 Å². The van der Waals surface area contributed by atoms with Gasteiger partial charge in [-0.2, -0.15) is 0 Å². The molecule has 0 spiro atoms. The maximum absolute atomic E-state index is 12.5. The number of amides is 3. The van der Waals surface area contributed by atoms with Crippen LogP contribution >= 0.6 is 11.6 Å². The second kappa shape index (κ2) is 7.85. The molecule has 2 aliphatic heterocycles. The third-order valence-corrected chi connectivity index (χ3v) is 4.77. The fourth-order valence-corrected chi connectivity index (χ4v) is 3.33. The molecular weight excluding hydrogens is 330 g/mol. The van der Waals surface area contributed by atoms with E-state index in [0.717, 1.165) is 0 Å². The maximum Gasteiger partial charge on any atom is 0.321 e. The van der Waals surface area contributed by atoms with Gasteiger partial charge in [-0.25, -0.2) is 4.79 Å². The number of carbonyl (C=O) groups is 2. The highest BCUT2D eigenvalue weighted by molar-refractivity contribution is 6.30. The fourth-order valence-electron chi connectivity index (χ4n) is 3.14. The predicted octanol–water partition coefficient (Wildman–Crippen LogP) is 2.44. The normalized spacial score (nSPS) is 19.2. The Morgan fingerprint density at radius 2 is 1.79 bits per heavy atom. The summed E-state index contributed by atoms with van der Waals surface area (Å²) in [6.45, 7) is 3.77. The number of carbonyl (C=O) groups excluding carboxylic acids is 2. The number of nitrogens with one attached hydrogen (secondary N) is 1. The molecule has 0 unspecified atom stereocenters. The van der Waals surface area contributed by atoms with Crippen molar-refractivity contribution in [1.82, 2.24) is 9.80 Å². The molecule has 2 fully saturated rings. The Hall–Kier alpha value is -1.79. The molecule has 0 aromatic heterocycles. The standard InChI is InChI=1S/C17H22ClN3O3/c18-14-2-1-3-15(12-14)19-17(23)21-6-4-13(5-7-21)16(22)20-8-10-24-11-9-20/h1-3,12-13H,4-11H2,(H,19,23). The number of likely N-dealkylation sites (tertiary alicyclic amines) is 1. The number of nitrogens with zero attached hydrogens (tertiary/aromatic N) is 2. The molecule has 0 bridgehead atoms. The van der Waals surface area contributed by atoms with E-state index in [1.165, 1.54) is 0 Å². The number of hydrogen-bond acceptors (Lipinski definition) is 3. The molecule has 3 amide bonds. The Bertz CT molecular complexity index is 596. The number of rotatable bonds is 2. The topological polar surface area (TPSA) is 61.9 Å². The first-order valence-corrected chi connectivity index (χ1v) is 8.69. The van der Waals surface area contributed by atoms with Crippen LogP contribution in [0.25, 0.3) is 0 Å². The second-order valence-corrected chi connectivity index (χ2v) is 6.58. The van der Waals surface area contributed by atoms with Crippen LogP contribution in [0, 0.1) is 5.92 Å². The third kappa shape index (κ3) is 4.19. The molecular formula is C17H22ClN3O3. The zero-order valence-corrected chi connectivity index (χ0v) is 14.3. The number of morpholine rings is 1. The zero-order valence-electron chi connectivity index (χ0n) is 13.5. The van der Waals surface area contributed by atoms with Gasteiger partial charge in [0.05, 0.1) is 13.2 Å². The van der Waals surface area contributed by atoms with Crippen molar-refractivity contribution in [1.29, 1.82) is 0 Å². The van der Waals surface area contributed by atoms with E-state index in [9.17, 15) is 9.59 Å². The van der Waals surface area contributed by atoms with E-state index >= 15 is 0 Å². The van der Waals surface area contributed by atoms with Gasteiger partial charge in [-0.15, -0.1) is 0 Å². The molecule has 2 heterocycles. The number of benzene rings is 1. The van der Waals surface area contributed by atoms with E-state index in [-0.39, 0.29) is 17.9 Å². The van der Waals surface area contributed by atoms with E-state index in [2.05, 4.69) is 5.32 Å². The number of piperidine rings is 1. The Morgan fingerprint density at radius 3 is 2.46 bits per heavy atom. The number of halogens is 1. The van der Waals surface area contributed by atoms with E-state index in [1.54, 1.807) is 29.2 Å². The molecule has 1 aromatic carbocycles. The van der Waals surface area contributed by atoms with Crippen LogP contribution in [-0.2, 0) is 9.53 Å². The summed E-state index contributed by atoms with van der Waals surface area (Å²) >= 11 is 5.93. The van der Waals surface area contributed by atoms with Crippen LogP contribution in [0.2, 0.25) is 5.02 Å². The monoisotopic (exact) mass is 351 g/mol.